The van der Waals surface area contributed by atoms with Crippen LogP contribution in [0.4, 0.5) is 0 Å². The normalized spacial score (nSPS) is 18.4. The smallest absolute Gasteiger partial charge is 0.243 e. The van der Waals surface area contributed by atoms with Crippen LogP contribution < -0.4 is 9.47 Å². The van der Waals surface area contributed by atoms with E-state index in [2.05, 4.69) is 0 Å². The van der Waals surface area contributed by atoms with Gasteiger partial charge in [-0.15, -0.1) is 0 Å². The van der Waals surface area contributed by atoms with Crippen molar-refractivity contribution in [2.24, 2.45) is 0 Å². The molecule has 6 heteroatoms. The van der Waals surface area contributed by atoms with Crippen LogP contribution in [-0.2, 0) is 10.0 Å². The molecule has 0 N–H and O–H groups in total. The molecule has 0 amide bonds. The van der Waals surface area contributed by atoms with Crippen LogP contribution in [0.5, 0.6) is 11.5 Å². The van der Waals surface area contributed by atoms with Crippen LogP contribution in [0.15, 0.2) is 47.4 Å². The maximum Gasteiger partial charge on any atom is 0.243 e. The second kappa shape index (κ2) is 6.45. The summed E-state index contributed by atoms with van der Waals surface area (Å²) in [6, 6.07) is 12.2. The van der Waals surface area contributed by atoms with Crippen LogP contribution in [-0.4, -0.2) is 33.0 Å². The minimum Gasteiger partial charge on any atom is -0.496 e. The number of aryl methyl sites for hydroxylation is 1. The first-order valence-corrected chi connectivity index (χ1v) is 9.27. The summed E-state index contributed by atoms with van der Waals surface area (Å²) in [5.74, 6) is 1.42. The molecule has 1 atom stereocenters. The number of hydrogen-bond acceptors (Lipinski definition) is 4. The molecule has 1 unspecified atom stereocenters. The van der Waals surface area contributed by atoms with E-state index in [4.69, 9.17) is 9.47 Å². The van der Waals surface area contributed by atoms with Gasteiger partial charge in [-0.25, -0.2) is 8.42 Å². The Balaban J connectivity index is 2.02. The first-order chi connectivity index (χ1) is 11.4. The Labute approximate surface area is 142 Å². The number of benzene rings is 2. The quantitative estimate of drug-likeness (QED) is 0.856. The molecule has 1 aliphatic heterocycles. The summed E-state index contributed by atoms with van der Waals surface area (Å²) in [6.07, 6.45) is 0. The molecule has 0 saturated carbocycles. The van der Waals surface area contributed by atoms with E-state index in [1.54, 1.807) is 25.3 Å². The summed E-state index contributed by atoms with van der Waals surface area (Å²) in [6.45, 7) is 4.36. The summed E-state index contributed by atoms with van der Waals surface area (Å²) >= 11 is 0. The third-order valence-electron chi connectivity index (χ3n) is 4.34. The second-order valence-corrected chi connectivity index (χ2v) is 7.70. The van der Waals surface area contributed by atoms with Crippen molar-refractivity contribution >= 4 is 10.0 Å². The fourth-order valence-corrected chi connectivity index (χ4v) is 4.71. The maximum atomic E-state index is 13.1. The molecule has 0 aromatic heterocycles. The number of rotatable bonds is 3. The molecule has 128 valence electrons. The number of sulfonamides is 1. The molecule has 2 aromatic carbocycles. The van der Waals surface area contributed by atoms with Crippen molar-refractivity contribution in [1.29, 1.82) is 0 Å². The third kappa shape index (κ3) is 2.87. The lowest BCUT2D eigenvalue weighted by molar-refractivity contribution is 0.278. The van der Waals surface area contributed by atoms with Crippen LogP contribution in [0.1, 0.15) is 24.1 Å². The first-order valence-electron chi connectivity index (χ1n) is 7.83. The fraction of sp³-hybridized carbons (Fsp3) is 0.333. The van der Waals surface area contributed by atoms with Gasteiger partial charge in [0.1, 0.15) is 18.1 Å². The van der Waals surface area contributed by atoms with Crippen LogP contribution >= 0.6 is 0 Å². The highest BCUT2D eigenvalue weighted by atomic mass is 32.2. The van der Waals surface area contributed by atoms with Crippen molar-refractivity contribution in [2.75, 3.05) is 20.3 Å². The van der Waals surface area contributed by atoms with Gasteiger partial charge < -0.3 is 9.47 Å². The van der Waals surface area contributed by atoms with Crippen molar-refractivity contribution in [1.82, 2.24) is 4.31 Å². The largest absolute Gasteiger partial charge is 0.496 e. The van der Waals surface area contributed by atoms with E-state index in [1.165, 1.54) is 4.31 Å². The average molecular weight is 347 g/mol. The molecular weight excluding hydrogens is 326 g/mol. The van der Waals surface area contributed by atoms with E-state index in [9.17, 15) is 8.42 Å². The van der Waals surface area contributed by atoms with E-state index in [-0.39, 0.29) is 10.9 Å². The maximum absolute atomic E-state index is 13.1. The number of nitrogens with zero attached hydrogens (tertiary/aromatic N) is 1. The van der Waals surface area contributed by atoms with Crippen LogP contribution in [0, 0.1) is 6.92 Å². The summed E-state index contributed by atoms with van der Waals surface area (Å²) in [4.78, 5) is 0.270. The van der Waals surface area contributed by atoms with Crippen molar-refractivity contribution < 1.29 is 17.9 Å². The minimum atomic E-state index is -3.63. The molecule has 0 spiro atoms. The summed E-state index contributed by atoms with van der Waals surface area (Å²) in [5, 5.41) is 0. The summed E-state index contributed by atoms with van der Waals surface area (Å²) in [7, 11) is -2.06. The van der Waals surface area contributed by atoms with Gasteiger partial charge in [0.15, 0.2) is 0 Å². The molecule has 24 heavy (non-hydrogen) atoms. The van der Waals surface area contributed by atoms with Gasteiger partial charge in [0, 0.05) is 12.1 Å². The summed E-state index contributed by atoms with van der Waals surface area (Å²) < 4.78 is 38.7. The van der Waals surface area contributed by atoms with Gasteiger partial charge in [-0.3, -0.25) is 0 Å². The third-order valence-corrected chi connectivity index (χ3v) is 6.31. The zero-order valence-corrected chi connectivity index (χ0v) is 14.8. The molecule has 2 aromatic rings. The van der Waals surface area contributed by atoms with E-state index < -0.39 is 10.0 Å². The lowest BCUT2D eigenvalue weighted by Gasteiger charge is -2.26. The van der Waals surface area contributed by atoms with Crippen molar-refractivity contribution in [3.05, 3.63) is 53.6 Å². The fourth-order valence-electron chi connectivity index (χ4n) is 3.03. The first kappa shape index (κ1) is 16.8. The molecule has 0 saturated heterocycles. The molecule has 5 nitrogen and oxygen atoms in total. The molecular formula is C18H21NO4S. The molecule has 0 bridgehead atoms. The Morgan fingerprint density at radius 2 is 1.96 bits per heavy atom. The lowest BCUT2D eigenvalue weighted by Crippen LogP contribution is -2.35. The Morgan fingerprint density at radius 3 is 2.67 bits per heavy atom. The highest BCUT2D eigenvalue weighted by molar-refractivity contribution is 7.89. The standard InChI is InChI=1S/C18H21NO4S/c1-13-12-15(8-9-17(13)22-3)24(20,21)19-10-11-23-18-7-5-4-6-16(18)14(19)2/h4-9,12,14H,10-11H2,1-3H3. The Bertz CT molecular complexity index is 848. The predicted molar refractivity (Wildman–Crippen MR) is 92.0 cm³/mol. The van der Waals surface area contributed by atoms with Gasteiger partial charge in [-0.1, -0.05) is 18.2 Å². The van der Waals surface area contributed by atoms with E-state index in [0.717, 1.165) is 16.9 Å². The number of ether oxygens (including phenoxy) is 2. The lowest BCUT2D eigenvalue weighted by atomic mass is 10.1. The second-order valence-electron chi connectivity index (χ2n) is 5.81. The van der Waals surface area contributed by atoms with Gasteiger partial charge in [-0.05, 0) is 43.7 Å². The number of methoxy groups -OCH3 is 1. The van der Waals surface area contributed by atoms with Crippen LogP contribution in [0.3, 0.4) is 0 Å². The van der Waals surface area contributed by atoms with Crippen molar-refractivity contribution in [3.63, 3.8) is 0 Å². The molecule has 3 rings (SSSR count). The molecule has 1 heterocycles. The Morgan fingerprint density at radius 1 is 1.21 bits per heavy atom. The topological polar surface area (TPSA) is 55.8 Å². The van der Waals surface area contributed by atoms with Gasteiger partial charge in [0.25, 0.3) is 0 Å². The predicted octanol–water partition coefficient (Wildman–Crippen LogP) is 3.15. The highest BCUT2D eigenvalue weighted by Gasteiger charge is 2.33. The zero-order valence-electron chi connectivity index (χ0n) is 14.0. The van der Waals surface area contributed by atoms with Gasteiger partial charge in [0.05, 0.1) is 18.0 Å². The van der Waals surface area contributed by atoms with Crippen LogP contribution in [0.25, 0.3) is 0 Å². The molecule has 0 fully saturated rings. The molecule has 0 radical (unpaired) electrons. The monoisotopic (exact) mass is 347 g/mol. The number of hydrogen-bond donors (Lipinski definition) is 0. The van der Waals surface area contributed by atoms with Gasteiger partial charge in [0.2, 0.25) is 10.0 Å². The Hall–Kier alpha value is -2.05. The van der Waals surface area contributed by atoms with E-state index >= 15 is 0 Å². The SMILES string of the molecule is COc1ccc(S(=O)(=O)N2CCOc3ccccc3C2C)cc1C. The zero-order chi connectivity index (χ0) is 17.3. The number of fused-ring (bicyclic) bond motifs is 1. The Kier molecular flexibility index (Phi) is 4.51. The van der Waals surface area contributed by atoms with Gasteiger partial charge >= 0.3 is 0 Å². The van der Waals surface area contributed by atoms with Crippen LogP contribution in [0.2, 0.25) is 0 Å². The minimum absolute atomic E-state index is 0.270. The van der Waals surface area contributed by atoms with E-state index in [1.807, 2.05) is 38.1 Å². The number of para-hydroxylation sites is 1. The van der Waals surface area contributed by atoms with Gasteiger partial charge in [-0.2, -0.15) is 4.31 Å². The average Bonchev–Trinajstić information content (AvgIpc) is 2.74. The summed E-state index contributed by atoms with van der Waals surface area (Å²) in [5.41, 5.74) is 1.67. The molecule has 0 aliphatic carbocycles. The van der Waals surface area contributed by atoms with Crippen molar-refractivity contribution in [2.45, 2.75) is 24.8 Å². The van der Waals surface area contributed by atoms with E-state index in [0.29, 0.717) is 18.9 Å². The molecule has 1 aliphatic rings. The van der Waals surface area contributed by atoms with Crippen molar-refractivity contribution in [3.8, 4) is 11.5 Å². The highest BCUT2D eigenvalue weighted by Crippen LogP contribution is 2.35.